The lowest BCUT2D eigenvalue weighted by Crippen LogP contribution is -2.67. The Morgan fingerprint density at radius 3 is 2.27 bits per heavy atom. The van der Waals surface area contributed by atoms with Gasteiger partial charge in [-0.15, -0.1) is 5.06 Å². The van der Waals surface area contributed by atoms with Crippen molar-refractivity contribution in [1.82, 2.24) is 5.06 Å². The van der Waals surface area contributed by atoms with E-state index < -0.39 is 17.1 Å². The average Bonchev–Trinajstić information content (AvgIpc) is 1.98. The lowest BCUT2D eigenvalue weighted by atomic mass is 9.91. The van der Waals surface area contributed by atoms with Crippen molar-refractivity contribution < 1.29 is 19.8 Å². The van der Waals surface area contributed by atoms with Crippen LogP contribution in [-0.2, 0) is 9.63 Å². The molecule has 0 aromatic heterocycles. The summed E-state index contributed by atoms with van der Waals surface area (Å²) in [6, 6.07) is 0. The van der Waals surface area contributed by atoms with Crippen molar-refractivity contribution in [2.45, 2.75) is 39.4 Å². The maximum absolute atomic E-state index is 11.4. The van der Waals surface area contributed by atoms with E-state index in [0.717, 1.165) is 0 Å². The van der Waals surface area contributed by atoms with E-state index in [4.69, 9.17) is 4.84 Å². The first kappa shape index (κ1) is 12.4. The van der Waals surface area contributed by atoms with Crippen molar-refractivity contribution in [2.75, 3.05) is 13.1 Å². The molecule has 1 aliphatic heterocycles. The quantitative estimate of drug-likeness (QED) is 0.677. The molecule has 1 unspecified atom stereocenters. The van der Waals surface area contributed by atoms with Gasteiger partial charge in [0.25, 0.3) is 0 Å². The Morgan fingerprint density at radius 1 is 1.47 bits per heavy atom. The molecule has 5 nitrogen and oxygen atoms in total. The fraction of sp³-hybridized carbons (Fsp3) is 0.900. The molecular weight excluding hydrogens is 198 g/mol. The van der Waals surface area contributed by atoms with Gasteiger partial charge in [0.15, 0.2) is 0 Å². The molecule has 0 radical (unpaired) electrons. The van der Waals surface area contributed by atoms with Crippen LogP contribution in [0.3, 0.4) is 0 Å². The van der Waals surface area contributed by atoms with Gasteiger partial charge in [-0.05, 0) is 27.7 Å². The first-order valence-corrected chi connectivity index (χ1v) is 5.03. The minimum absolute atomic E-state index is 0.159. The second kappa shape index (κ2) is 3.73. The van der Waals surface area contributed by atoms with Crippen molar-refractivity contribution in [3.05, 3.63) is 0 Å². The minimum Gasteiger partial charge on any atom is -0.390 e. The molecule has 1 fully saturated rings. The summed E-state index contributed by atoms with van der Waals surface area (Å²) in [7, 11) is 0. The molecule has 1 aliphatic rings. The average molecular weight is 217 g/mol. The molecule has 1 atom stereocenters. The van der Waals surface area contributed by atoms with Gasteiger partial charge in [-0.1, -0.05) is 0 Å². The first-order valence-electron chi connectivity index (χ1n) is 5.03. The molecule has 0 aromatic rings. The van der Waals surface area contributed by atoms with Crippen LogP contribution in [0.25, 0.3) is 0 Å². The maximum atomic E-state index is 11.4. The highest BCUT2D eigenvalue weighted by atomic mass is 16.7. The van der Waals surface area contributed by atoms with Crippen LogP contribution in [-0.4, -0.2) is 46.0 Å². The zero-order chi connectivity index (χ0) is 11.9. The molecule has 0 amide bonds. The number of carbonyl (C=O) groups is 1. The zero-order valence-electron chi connectivity index (χ0n) is 9.65. The summed E-state index contributed by atoms with van der Waals surface area (Å²) in [5.41, 5.74) is -1.70. The molecule has 0 aromatic carbocycles. The van der Waals surface area contributed by atoms with Crippen LogP contribution in [0.15, 0.2) is 0 Å². The Labute approximate surface area is 89.6 Å². The highest BCUT2D eigenvalue weighted by Gasteiger charge is 2.48. The Balaban J connectivity index is 2.39. The Kier molecular flexibility index (Phi) is 3.09. The van der Waals surface area contributed by atoms with E-state index in [0.29, 0.717) is 0 Å². The number of nitrogens with zero attached hydrogens (tertiary/aromatic N) is 1. The van der Waals surface area contributed by atoms with Gasteiger partial charge in [0.2, 0.25) is 0 Å². The summed E-state index contributed by atoms with van der Waals surface area (Å²) in [5, 5.41) is 20.3. The number of aliphatic hydroxyl groups excluding tert-OH is 1. The molecule has 88 valence electrons. The summed E-state index contributed by atoms with van der Waals surface area (Å²) in [6.45, 7) is 7.11. The molecule has 5 heteroatoms. The van der Waals surface area contributed by atoms with Crippen LogP contribution >= 0.6 is 0 Å². The predicted octanol–water partition coefficient (Wildman–Crippen LogP) is -0.0818. The SMILES string of the molecule is CC(O)C1(O)CN(OC(=O)C(C)(C)C)C1. The van der Waals surface area contributed by atoms with Crippen LogP contribution < -0.4 is 0 Å². The maximum Gasteiger partial charge on any atom is 0.330 e. The van der Waals surface area contributed by atoms with E-state index in [2.05, 4.69) is 0 Å². The summed E-state index contributed by atoms with van der Waals surface area (Å²) >= 11 is 0. The predicted molar refractivity (Wildman–Crippen MR) is 53.8 cm³/mol. The number of carbonyl (C=O) groups excluding carboxylic acids is 1. The van der Waals surface area contributed by atoms with Crippen LogP contribution in [0.4, 0.5) is 0 Å². The standard InChI is InChI=1S/C10H19NO4/c1-7(12)10(14)5-11(6-10)15-8(13)9(2,3)4/h7,12,14H,5-6H2,1-4H3. The smallest absolute Gasteiger partial charge is 0.330 e. The van der Waals surface area contributed by atoms with Crippen LogP contribution in [0, 0.1) is 5.41 Å². The second-order valence-electron chi connectivity index (χ2n) is 5.21. The zero-order valence-corrected chi connectivity index (χ0v) is 9.65. The van der Waals surface area contributed by atoms with Crippen LogP contribution in [0.1, 0.15) is 27.7 Å². The van der Waals surface area contributed by atoms with Crippen molar-refractivity contribution in [1.29, 1.82) is 0 Å². The number of rotatable bonds is 2. The highest BCUT2D eigenvalue weighted by molar-refractivity contribution is 5.75. The van der Waals surface area contributed by atoms with E-state index >= 15 is 0 Å². The third-order valence-electron chi connectivity index (χ3n) is 2.50. The molecule has 2 N–H and O–H groups in total. The molecule has 0 saturated carbocycles. The molecule has 1 heterocycles. The van der Waals surface area contributed by atoms with E-state index in [1.807, 2.05) is 0 Å². The third kappa shape index (κ3) is 2.68. The topological polar surface area (TPSA) is 70.0 Å². The van der Waals surface area contributed by atoms with Crippen molar-refractivity contribution >= 4 is 5.97 Å². The molecule has 0 spiro atoms. The largest absolute Gasteiger partial charge is 0.390 e. The molecule has 1 rings (SSSR count). The van der Waals surface area contributed by atoms with E-state index in [1.165, 1.54) is 12.0 Å². The summed E-state index contributed by atoms with van der Waals surface area (Å²) in [5.74, 6) is -0.338. The van der Waals surface area contributed by atoms with Gasteiger partial charge in [0.1, 0.15) is 5.60 Å². The van der Waals surface area contributed by atoms with Crippen LogP contribution in [0.2, 0.25) is 0 Å². The summed E-state index contributed by atoms with van der Waals surface area (Å²) < 4.78 is 0. The fourth-order valence-electron chi connectivity index (χ4n) is 1.15. The molecular formula is C10H19NO4. The number of hydroxylamine groups is 2. The van der Waals surface area contributed by atoms with E-state index in [1.54, 1.807) is 20.8 Å². The molecule has 15 heavy (non-hydrogen) atoms. The Hall–Kier alpha value is -0.650. The van der Waals surface area contributed by atoms with Gasteiger partial charge >= 0.3 is 5.97 Å². The lowest BCUT2D eigenvalue weighted by molar-refractivity contribution is -0.283. The normalized spacial score (nSPS) is 23.1. The molecule has 1 saturated heterocycles. The van der Waals surface area contributed by atoms with Gasteiger partial charge < -0.3 is 15.1 Å². The number of hydrogen-bond donors (Lipinski definition) is 2. The number of β-amino-alcohol motifs (C(OH)–C–C–N with tert-alkyl or cyclic N) is 1. The van der Waals surface area contributed by atoms with Crippen molar-refractivity contribution in [2.24, 2.45) is 5.41 Å². The number of aliphatic hydroxyl groups is 2. The minimum atomic E-state index is -1.14. The Morgan fingerprint density at radius 2 is 1.93 bits per heavy atom. The summed E-state index contributed by atoms with van der Waals surface area (Å²) in [4.78, 5) is 16.5. The lowest BCUT2D eigenvalue weighted by Gasteiger charge is -2.46. The summed E-state index contributed by atoms with van der Waals surface area (Å²) in [6.07, 6.45) is -0.818. The highest BCUT2D eigenvalue weighted by Crippen LogP contribution is 2.26. The van der Waals surface area contributed by atoms with Gasteiger partial charge in [0.05, 0.1) is 24.6 Å². The van der Waals surface area contributed by atoms with Gasteiger partial charge in [0, 0.05) is 0 Å². The van der Waals surface area contributed by atoms with E-state index in [9.17, 15) is 15.0 Å². The number of hydrogen-bond acceptors (Lipinski definition) is 5. The molecule has 0 bridgehead atoms. The first-order chi connectivity index (χ1) is 6.65. The van der Waals surface area contributed by atoms with Gasteiger partial charge in [-0.2, -0.15) is 0 Å². The monoisotopic (exact) mass is 217 g/mol. The fourth-order valence-corrected chi connectivity index (χ4v) is 1.15. The van der Waals surface area contributed by atoms with E-state index in [-0.39, 0.29) is 19.1 Å². The van der Waals surface area contributed by atoms with Gasteiger partial charge in [-0.3, -0.25) is 0 Å². The third-order valence-corrected chi connectivity index (χ3v) is 2.50. The Bertz CT molecular complexity index is 251. The van der Waals surface area contributed by atoms with Gasteiger partial charge in [-0.25, -0.2) is 4.79 Å². The molecule has 0 aliphatic carbocycles. The van der Waals surface area contributed by atoms with Crippen molar-refractivity contribution in [3.8, 4) is 0 Å². The van der Waals surface area contributed by atoms with Crippen molar-refractivity contribution in [3.63, 3.8) is 0 Å². The van der Waals surface area contributed by atoms with Crippen LogP contribution in [0.5, 0.6) is 0 Å². The second-order valence-corrected chi connectivity index (χ2v) is 5.21.